The van der Waals surface area contributed by atoms with Gasteiger partial charge in [-0.25, -0.2) is 4.98 Å². The number of thioether (sulfide) groups is 1. The highest BCUT2D eigenvalue weighted by Gasteiger charge is 2.23. The summed E-state index contributed by atoms with van der Waals surface area (Å²) >= 11 is 1.78. The first-order chi connectivity index (χ1) is 10.9. The average molecular weight is 326 g/mol. The first-order valence-electron chi connectivity index (χ1n) is 7.84. The molecule has 3 rings (SSSR count). The molecular weight excluding hydrogens is 304 g/mol. The van der Waals surface area contributed by atoms with Gasteiger partial charge in [-0.3, -0.25) is 4.98 Å². The van der Waals surface area contributed by atoms with E-state index in [9.17, 15) is 0 Å². The lowest BCUT2D eigenvalue weighted by Crippen LogP contribution is -2.10. The number of aromatic nitrogens is 2. The highest BCUT2D eigenvalue weighted by atomic mass is 32.2. The monoisotopic (exact) mass is 326 g/mol. The van der Waals surface area contributed by atoms with Crippen molar-refractivity contribution in [2.24, 2.45) is 0 Å². The molecule has 0 spiro atoms. The average Bonchev–Trinajstić information content (AvgIpc) is 2.95. The Labute approximate surface area is 141 Å². The molecule has 1 atom stereocenters. The molecule has 1 aromatic carbocycles. The Morgan fingerprint density at radius 1 is 1.13 bits per heavy atom. The maximum atomic E-state index is 6.13. The number of benzene rings is 1. The van der Waals surface area contributed by atoms with Gasteiger partial charge < -0.3 is 4.42 Å². The van der Waals surface area contributed by atoms with Crippen molar-refractivity contribution in [2.45, 2.75) is 50.2 Å². The zero-order valence-corrected chi connectivity index (χ0v) is 15.1. The Morgan fingerprint density at radius 2 is 1.91 bits per heavy atom. The number of fused-ring (bicyclic) bond motifs is 1. The quantitative estimate of drug-likeness (QED) is 0.580. The molecule has 0 aliphatic carbocycles. The molecule has 0 bridgehead atoms. The van der Waals surface area contributed by atoms with Crippen LogP contribution >= 0.6 is 11.8 Å². The summed E-state index contributed by atoms with van der Waals surface area (Å²) in [4.78, 5) is 10.3. The summed E-state index contributed by atoms with van der Waals surface area (Å²) in [6, 6.07) is 10.2. The standard InChI is InChI=1S/C19H22N2OS/c1-12-9-10-15-16(22-18(21-15)19(3,4)5)17(12)23-13(2)14-8-6-7-11-20-14/h6-11,13H,1-5H3. The Bertz CT molecular complexity index is 818. The van der Waals surface area contributed by atoms with Gasteiger partial charge in [-0.05, 0) is 37.6 Å². The molecule has 0 N–H and O–H groups in total. The number of oxazole rings is 1. The van der Waals surface area contributed by atoms with Crippen LogP contribution in [0.1, 0.15) is 50.1 Å². The van der Waals surface area contributed by atoms with E-state index < -0.39 is 0 Å². The number of hydrogen-bond donors (Lipinski definition) is 0. The van der Waals surface area contributed by atoms with Gasteiger partial charge in [0.2, 0.25) is 5.89 Å². The highest BCUT2D eigenvalue weighted by molar-refractivity contribution is 7.99. The summed E-state index contributed by atoms with van der Waals surface area (Å²) in [6.45, 7) is 10.6. The number of rotatable bonds is 3. The molecule has 120 valence electrons. The predicted octanol–water partition coefficient (Wildman–Crippen LogP) is 5.68. The molecule has 1 unspecified atom stereocenters. The van der Waals surface area contributed by atoms with Crippen LogP contribution in [0.5, 0.6) is 0 Å². The normalized spacial score (nSPS) is 13.4. The van der Waals surface area contributed by atoms with E-state index in [2.05, 4.69) is 56.7 Å². The smallest absolute Gasteiger partial charge is 0.200 e. The van der Waals surface area contributed by atoms with Gasteiger partial charge in [0.05, 0.1) is 10.6 Å². The first-order valence-corrected chi connectivity index (χ1v) is 8.72. The van der Waals surface area contributed by atoms with Crippen molar-refractivity contribution < 1.29 is 4.42 Å². The van der Waals surface area contributed by atoms with Crippen LogP contribution in [0, 0.1) is 6.92 Å². The molecule has 0 aliphatic rings. The van der Waals surface area contributed by atoms with E-state index in [1.807, 2.05) is 24.4 Å². The van der Waals surface area contributed by atoms with Gasteiger partial charge in [-0.2, -0.15) is 0 Å². The number of aryl methyl sites for hydroxylation is 1. The first kappa shape index (κ1) is 16.1. The van der Waals surface area contributed by atoms with Gasteiger partial charge in [-0.1, -0.05) is 32.9 Å². The molecule has 3 aromatic rings. The topological polar surface area (TPSA) is 38.9 Å². The molecular formula is C19H22N2OS. The van der Waals surface area contributed by atoms with Crippen LogP contribution in [0.3, 0.4) is 0 Å². The van der Waals surface area contributed by atoms with E-state index in [0.717, 1.165) is 27.6 Å². The molecule has 0 amide bonds. The number of hydrogen-bond acceptors (Lipinski definition) is 4. The third-order valence-electron chi connectivity index (χ3n) is 3.75. The maximum Gasteiger partial charge on any atom is 0.200 e. The third kappa shape index (κ3) is 3.27. The lowest BCUT2D eigenvalue weighted by atomic mass is 9.97. The second kappa shape index (κ2) is 6.00. The molecule has 4 heteroatoms. The summed E-state index contributed by atoms with van der Waals surface area (Å²) < 4.78 is 6.13. The largest absolute Gasteiger partial charge is 0.439 e. The van der Waals surface area contributed by atoms with Crippen LogP contribution in [0.25, 0.3) is 11.1 Å². The van der Waals surface area contributed by atoms with E-state index in [1.54, 1.807) is 11.8 Å². The summed E-state index contributed by atoms with van der Waals surface area (Å²) in [5.74, 6) is 0.783. The van der Waals surface area contributed by atoms with Gasteiger partial charge in [0.25, 0.3) is 0 Å². The molecule has 0 aliphatic heterocycles. The second-order valence-corrected chi connectivity index (χ2v) is 8.19. The van der Waals surface area contributed by atoms with Crippen molar-refractivity contribution in [2.75, 3.05) is 0 Å². The van der Waals surface area contributed by atoms with Crippen molar-refractivity contribution in [3.05, 3.63) is 53.7 Å². The molecule has 2 heterocycles. The van der Waals surface area contributed by atoms with E-state index in [4.69, 9.17) is 4.42 Å². The summed E-state index contributed by atoms with van der Waals surface area (Å²) in [5, 5.41) is 0.253. The van der Waals surface area contributed by atoms with Crippen LogP contribution in [-0.2, 0) is 5.41 Å². The zero-order chi connectivity index (χ0) is 16.6. The zero-order valence-electron chi connectivity index (χ0n) is 14.3. The highest BCUT2D eigenvalue weighted by Crippen LogP contribution is 2.41. The van der Waals surface area contributed by atoms with E-state index >= 15 is 0 Å². The number of pyridine rings is 1. The van der Waals surface area contributed by atoms with E-state index in [-0.39, 0.29) is 10.7 Å². The minimum Gasteiger partial charge on any atom is -0.439 e. The van der Waals surface area contributed by atoms with E-state index in [0.29, 0.717) is 0 Å². The van der Waals surface area contributed by atoms with Crippen LogP contribution in [-0.4, -0.2) is 9.97 Å². The summed E-state index contributed by atoms with van der Waals surface area (Å²) in [7, 11) is 0. The Kier molecular flexibility index (Phi) is 4.19. The molecule has 0 fully saturated rings. The van der Waals surface area contributed by atoms with Gasteiger partial charge in [0.15, 0.2) is 5.58 Å². The van der Waals surface area contributed by atoms with Crippen molar-refractivity contribution in [1.29, 1.82) is 0 Å². The maximum absolute atomic E-state index is 6.13. The molecule has 23 heavy (non-hydrogen) atoms. The van der Waals surface area contributed by atoms with Gasteiger partial charge in [-0.15, -0.1) is 11.8 Å². The predicted molar refractivity (Wildman–Crippen MR) is 96.0 cm³/mol. The molecule has 0 saturated heterocycles. The Morgan fingerprint density at radius 3 is 2.57 bits per heavy atom. The lowest BCUT2D eigenvalue weighted by Gasteiger charge is -2.13. The Balaban J connectivity index is 2.02. The molecule has 2 aromatic heterocycles. The summed E-state index contributed by atoms with van der Waals surface area (Å²) in [5.41, 5.74) is 4.01. The fourth-order valence-corrected chi connectivity index (χ4v) is 3.51. The summed E-state index contributed by atoms with van der Waals surface area (Å²) in [6.07, 6.45) is 1.84. The van der Waals surface area contributed by atoms with Crippen LogP contribution < -0.4 is 0 Å². The van der Waals surface area contributed by atoms with Crippen molar-refractivity contribution >= 4 is 22.9 Å². The van der Waals surface area contributed by atoms with Crippen molar-refractivity contribution in [3.8, 4) is 0 Å². The molecule has 0 radical (unpaired) electrons. The fraction of sp³-hybridized carbons (Fsp3) is 0.368. The van der Waals surface area contributed by atoms with Crippen molar-refractivity contribution in [1.82, 2.24) is 9.97 Å². The van der Waals surface area contributed by atoms with Gasteiger partial charge >= 0.3 is 0 Å². The van der Waals surface area contributed by atoms with Crippen molar-refractivity contribution in [3.63, 3.8) is 0 Å². The van der Waals surface area contributed by atoms with Crippen LogP contribution in [0.4, 0.5) is 0 Å². The van der Waals surface area contributed by atoms with E-state index in [1.165, 1.54) is 5.56 Å². The van der Waals surface area contributed by atoms with Gasteiger partial charge in [0, 0.05) is 16.9 Å². The molecule has 3 nitrogen and oxygen atoms in total. The SMILES string of the molecule is Cc1ccc2nc(C(C)(C)C)oc2c1SC(C)c1ccccn1. The fourth-order valence-electron chi connectivity index (χ4n) is 2.39. The minimum absolute atomic E-state index is 0.0958. The lowest BCUT2D eigenvalue weighted by molar-refractivity contribution is 0.408. The second-order valence-electron chi connectivity index (χ2n) is 6.84. The van der Waals surface area contributed by atoms with Crippen LogP contribution in [0.2, 0.25) is 0 Å². The van der Waals surface area contributed by atoms with Crippen LogP contribution in [0.15, 0.2) is 45.8 Å². The third-order valence-corrected chi connectivity index (χ3v) is 5.09. The Hall–Kier alpha value is -1.81. The van der Waals surface area contributed by atoms with Gasteiger partial charge in [0.1, 0.15) is 5.52 Å². The molecule has 0 saturated carbocycles. The number of nitrogens with zero attached hydrogens (tertiary/aromatic N) is 2. The minimum atomic E-state index is -0.0958.